The minimum atomic E-state index is -0.0611. The lowest BCUT2D eigenvalue weighted by molar-refractivity contribution is -0.127. The van der Waals surface area contributed by atoms with Crippen LogP contribution in [0, 0.1) is 6.92 Å². The number of piperazine rings is 1. The van der Waals surface area contributed by atoms with Crippen molar-refractivity contribution in [1.82, 2.24) is 30.4 Å². The molecule has 1 aromatic heterocycles. The van der Waals surface area contributed by atoms with Crippen LogP contribution >= 0.6 is 11.8 Å². The molecule has 2 atom stereocenters. The number of carbonyl (C=O) groups excluding carboxylic acids is 1. The quantitative estimate of drug-likeness (QED) is 0.587. The van der Waals surface area contributed by atoms with E-state index >= 15 is 0 Å². The molecule has 126 valence electrons. The molecule has 3 rings (SSSR count). The smallest absolute Gasteiger partial charge is 0.223 e. The van der Waals surface area contributed by atoms with Crippen molar-refractivity contribution in [1.29, 1.82) is 0 Å². The summed E-state index contributed by atoms with van der Waals surface area (Å²) in [6, 6.07) is 2.03. The molecule has 2 N–H and O–H groups in total. The van der Waals surface area contributed by atoms with E-state index < -0.39 is 0 Å². The number of carbonyl (C=O) groups is 1. The lowest BCUT2D eigenvalue weighted by atomic mass is 10.2. The minimum Gasteiger partial charge on any atom is -0.328 e. The first-order valence-electron chi connectivity index (χ1n) is 8.00. The summed E-state index contributed by atoms with van der Waals surface area (Å²) in [6.07, 6.45) is 2.22. The molecule has 0 saturated carbocycles. The average molecular weight is 336 g/mol. The molecule has 2 aliphatic rings. The van der Waals surface area contributed by atoms with Gasteiger partial charge in [0.05, 0.1) is 0 Å². The standard InChI is InChI=1S/C15H24N6OS/c1-11-3-4-16-15(17-11)23-10-12-9-13(22)19-14(18-12)21-7-5-20(2)6-8-21/h3-4,12,14,18H,5-10H2,1-2H3,(H,19,22). The summed E-state index contributed by atoms with van der Waals surface area (Å²) in [4.78, 5) is 25.3. The fraction of sp³-hybridized carbons (Fsp3) is 0.667. The number of nitrogens with zero attached hydrogens (tertiary/aromatic N) is 4. The van der Waals surface area contributed by atoms with E-state index in [0.717, 1.165) is 42.8 Å². The average Bonchev–Trinajstić information content (AvgIpc) is 2.53. The van der Waals surface area contributed by atoms with Crippen molar-refractivity contribution in [3.63, 3.8) is 0 Å². The second kappa shape index (κ2) is 7.57. The zero-order valence-corrected chi connectivity index (χ0v) is 14.5. The van der Waals surface area contributed by atoms with Crippen molar-refractivity contribution < 1.29 is 4.79 Å². The molecule has 0 radical (unpaired) electrons. The maximum atomic E-state index is 12.0. The molecule has 8 heteroatoms. The Morgan fingerprint density at radius 2 is 2.13 bits per heavy atom. The largest absolute Gasteiger partial charge is 0.328 e. The molecule has 0 spiro atoms. The van der Waals surface area contributed by atoms with Gasteiger partial charge in [-0.15, -0.1) is 0 Å². The van der Waals surface area contributed by atoms with Crippen molar-refractivity contribution in [2.75, 3.05) is 39.0 Å². The molecule has 1 amide bonds. The van der Waals surface area contributed by atoms with Gasteiger partial charge in [-0.05, 0) is 20.0 Å². The summed E-state index contributed by atoms with van der Waals surface area (Å²) >= 11 is 1.60. The second-order valence-electron chi connectivity index (χ2n) is 6.17. The Morgan fingerprint density at radius 1 is 1.35 bits per heavy atom. The van der Waals surface area contributed by atoms with Crippen LogP contribution in [0.3, 0.4) is 0 Å². The number of aryl methyl sites for hydroxylation is 1. The van der Waals surface area contributed by atoms with E-state index in [4.69, 9.17) is 0 Å². The topological polar surface area (TPSA) is 73.4 Å². The molecule has 3 heterocycles. The van der Waals surface area contributed by atoms with Crippen molar-refractivity contribution in [2.24, 2.45) is 0 Å². The Bertz CT molecular complexity index is 549. The Balaban J connectivity index is 1.54. The molecule has 0 aliphatic carbocycles. The van der Waals surface area contributed by atoms with E-state index in [0.29, 0.717) is 6.42 Å². The van der Waals surface area contributed by atoms with Crippen LogP contribution in [0.4, 0.5) is 0 Å². The van der Waals surface area contributed by atoms with E-state index in [1.807, 2.05) is 13.0 Å². The molecule has 23 heavy (non-hydrogen) atoms. The number of rotatable bonds is 4. The maximum absolute atomic E-state index is 12.0. The SMILES string of the molecule is Cc1ccnc(SCC2CC(=O)NC(N3CCN(C)CC3)N2)n1. The number of hydrogen-bond acceptors (Lipinski definition) is 7. The Morgan fingerprint density at radius 3 is 2.87 bits per heavy atom. The molecule has 0 bridgehead atoms. The summed E-state index contributed by atoms with van der Waals surface area (Å²) in [5.74, 6) is 0.907. The number of thioether (sulfide) groups is 1. The van der Waals surface area contributed by atoms with Crippen LogP contribution in [-0.2, 0) is 4.79 Å². The molecule has 2 aliphatic heterocycles. The molecule has 0 aromatic carbocycles. The van der Waals surface area contributed by atoms with Gasteiger partial charge in [-0.2, -0.15) is 0 Å². The lowest BCUT2D eigenvalue weighted by Gasteiger charge is -2.42. The Labute approximate surface area is 141 Å². The predicted molar refractivity (Wildman–Crippen MR) is 90.0 cm³/mol. The second-order valence-corrected chi connectivity index (χ2v) is 7.16. The van der Waals surface area contributed by atoms with Crippen LogP contribution in [0.2, 0.25) is 0 Å². The first-order chi connectivity index (χ1) is 11.1. The van der Waals surface area contributed by atoms with Gasteiger partial charge in [0, 0.05) is 56.3 Å². The molecule has 1 aromatic rings. The third kappa shape index (κ3) is 4.63. The minimum absolute atomic E-state index is 0.0611. The van der Waals surface area contributed by atoms with Gasteiger partial charge in [-0.25, -0.2) is 9.97 Å². The lowest BCUT2D eigenvalue weighted by Crippen LogP contribution is -2.66. The normalized spacial score (nSPS) is 27.0. The number of nitrogens with one attached hydrogen (secondary N) is 2. The fourth-order valence-corrected chi connectivity index (χ4v) is 3.72. The predicted octanol–water partition coefficient (Wildman–Crippen LogP) is -0.114. The van der Waals surface area contributed by atoms with Crippen LogP contribution < -0.4 is 10.6 Å². The molecule has 2 fully saturated rings. The van der Waals surface area contributed by atoms with Crippen LogP contribution in [0.5, 0.6) is 0 Å². The van der Waals surface area contributed by atoms with Crippen LogP contribution in [0.15, 0.2) is 17.4 Å². The molecule has 7 nitrogen and oxygen atoms in total. The zero-order valence-electron chi connectivity index (χ0n) is 13.7. The highest BCUT2D eigenvalue weighted by atomic mass is 32.2. The van der Waals surface area contributed by atoms with Gasteiger partial charge < -0.3 is 10.2 Å². The Kier molecular flexibility index (Phi) is 5.47. The summed E-state index contributed by atoms with van der Waals surface area (Å²) in [5, 5.41) is 7.38. The van der Waals surface area contributed by atoms with Gasteiger partial charge in [0.15, 0.2) is 5.16 Å². The highest BCUT2D eigenvalue weighted by Crippen LogP contribution is 2.17. The number of likely N-dealkylation sites (N-methyl/N-ethyl adjacent to an activating group) is 1. The first-order valence-corrected chi connectivity index (χ1v) is 8.99. The van der Waals surface area contributed by atoms with E-state index in [-0.39, 0.29) is 18.2 Å². The van der Waals surface area contributed by atoms with Crippen LogP contribution in [-0.4, -0.2) is 77.0 Å². The van der Waals surface area contributed by atoms with E-state index in [9.17, 15) is 4.79 Å². The van der Waals surface area contributed by atoms with Crippen molar-refractivity contribution in [3.05, 3.63) is 18.0 Å². The zero-order chi connectivity index (χ0) is 16.2. The van der Waals surface area contributed by atoms with Crippen LogP contribution in [0.25, 0.3) is 0 Å². The van der Waals surface area contributed by atoms with Gasteiger partial charge in [-0.3, -0.25) is 15.0 Å². The molecule has 2 saturated heterocycles. The first kappa shape index (κ1) is 16.6. The third-order valence-corrected chi connectivity index (χ3v) is 5.24. The monoisotopic (exact) mass is 336 g/mol. The molecular weight excluding hydrogens is 312 g/mol. The molecule has 2 unspecified atom stereocenters. The Hall–Kier alpha value is -1.22. The van der Waals surface area contributed by atoms with Crippen LogP contribution in [0.1, 0.15) is 12.1 Å². The number of amides is 1. The highest BCUT2D eigenvalue weighted by Gasteiger charge is 2.31. The number of aromatic nitrogens is 2. The van der Waals surface area contributed by atoms with Gasteiger partial charge in [-0.1, -0.05) is 11.8 Å². The van der Waals surface area contributed by atoms with Crippen molar-refractivity contribution in [2.45, 2.75) is 30.8 Å². The summed E-state index contributed by atoms with van der Waals surface area (Å²) in [6.45, 7) is 5.96. The van der Waals surface area contributed by atoms with Gasteiger partial charge in [0.1, 0.15) is 6.29 Å². The van der Waals surface area contributed by atoms with Gasteiger partial charge >= 0.3 is 0 Å². The summed E-state index contributed by atoms with van der Waals surface area (Å²) in [7, 11) is 2.13. The fourth-order valence-electron chi connectivity index (χ4n) is 2.81. The van der Waals surface area contributed by atoms with E-state index in [2.05, 4.69) is 37.4 Å². The highest BCUT2D eigenvalue weighted by molar-refractivity contribution is 7.99. The summed E-state index contributed by atoms with van der Waals surface area (Å²) < 4.78 is 0. The van der Waals surface area contributed by atoms with Crippen molar-refractivity contribution in [3.8, 4) is 0 Å². The molecular formula is C15H24N6OS. The third-order valence-electron chi connectivity index (χ3n) is 4.21. The van der Waals surface area contributed by atoms with E-state index in [1.54, 1.807) is 18.0 Å². The summed E-state index contributed by atoms with van der Waals surface area (Å²) in [5.41, 5.74) is 0.965. The van der Waals surface area contributed by atoms with Gasteiger partial charge in [0.2, 0.25) is 5.91 Å². The van der Waals surface area contributed by atoms with E-state index in [1.165, 1.54) is 0 Å². The number of hydrogen-bond donors (Lipinski definition) is 2. The maximum Gasteiger partial charge on any atom is 0.223 e. The van der Waals surface area contributed by atoms with Gasteiger partial charge in [0.25, 0.3) is 0 Å². The van der Waals surface area contributed by atoms with Crippen molar-refractivity contribution >= 4 is 17.7 Å².